The zero-order valence-electron chi connectivity index (χ0n) is 12.9. The van der Waals surface area contributed by atoms with Crippen molar-refractivity contribution in [2.24, 2.45) is 0 Å². The van der Waals surface area contributed by atoms with Gasteiger partial charge in [0.1, 0.15) is 11.5 Å². The predicted molar refractivity (Wildman–Crippen MR) is 84.8 cm³/mol. The Kier molecular flexibility index (Phi) is 3.93. The summed E-state index contributed by atoms with van der Waals surface area (Å²) in [5.74, 6) is 1.79. The molecule has 0 unspecified atom stereocenters. The number of nitrogens with zero attached hydrogens (tertiary/aromatic N) is 1. The van der Waals surface area contributed by atoms with Crippen molar-refractivity contribution in [2.75, 3.05) is 0 Å². The van der Waals surface area contributed by atoms with Gasteiger partial charge >= 0.3 is 0 Å². The second kappa shape index (κ2) is 5.86. The molecule has 0 amide bonds. The molecule has 1 saturated carbocycles. The predicted octanol–water partition coefficient (Wildman–Crippen LogP) is 4.05. The van der Waals surface area contributed by atoms with Crippen LogP contribution in [-0.4, -0.2) is 11.0 Å². The minimum absolute atomic E-state index is 0.681. The van der Waals surface area contributed by atoms with Crippen LogP contribution in [0.2, 0.25) is 0 Å². The fourth-order valence-electron chi connectivity index (χ4n) is 2.24. The van der Waals surface area contributed by atoms with Crippen LogP contribution in [0, 0.1) is 20.8 Å². The maximum atomic E-state index is 6.10. The van der Waals surface area contributed by atoms with Gasteiger partial charge in [-0.3, -0.25) is 4.98 Å². The first-order valence-electron chi connectivity index (χ1n) is 7.56. The molecular formula is C18H22N2O. The van der Waals surface area contributed by atoms with Crippen molar-refractivity contribution >= 4 is 0 Å². The van der Waals surface area contributed by atoms with Gasteiger partial charge in [0, 0.05) is 36.1 Å². The summed E-state index contributed by atoms with van der Waals surface area (Å²) in [5.41, 5.74) is 4.62. The highest BCUT2D eigenvalue weighted by Crippen LogP contribution is 2.28. The van der Waals surface area contributed by atoms with Crippen LogP contribution < -0.4 is 10.1 Å². The summed E-state index contributed by atoms with van der Waals surface area (Å²) in [4.78, 5) is 4.39. The molecule has 1 N–H and O–H groups in total. The summed E-state index contributed by atoms with van der Waals surface area (Å²) in [6, 6.07) is 8.90. The maximum absolute atomic E-state index is 6.10. The number of aromatic nitrogens is 1. The average molecular weight is 282 g/mol. The molecule has 1 aromatic heterocycles. The first kappa shape index (κ1) is 14.1. The largest absolute Gasteiger partial charge is 0.457 e. The molecule has 1 aromatic carbocycles. The Morgan fingerprint density at radius 3 is 2.67 bits per heavy atom. The molecule has 1 aliphatic carbocycles. The fraction of sp³-hybridized carbons (Fsp3) is 0.389. The summed E-state index contributed by atoms with van der Waals surface area (Å²) < 4.78 is 6.10. The van der Waals surface area contributed by atoms with Crippen molar-refractivity contribution in [1.29, 1.82) is 0 Å². The maximum Gasteiger partial charge on any atom is 0.135 e. The molecule has 1 fully saturated rings. The van der Waals surface area contributed by atoms with Crippen molar-refractivity contribution in [1.82, 2.24) is 10.3 Å². The summed E-state index contributed by atoms with van der Waals surface area (Å²) in [5, 5.41) is 3.52. The normalized spacial score (nSPS) is 14.2. The molecule has 0 aliphatic heterocycles. The molecule has 21 heavy (non-hydrogen) atoms. The summed E-state index contributed by atoms with van der Waals surface area (Å²) in [7, 11) is 0. The number of hydrogen-bond donors (Lipinski definition) is 1. The van der Waals surface area contributed by atoms with E-state index in [0.29, 0.717) is 6.04 Å². The summed E-state index contributed by atoms with van der Waals surface area (Å²) in [6.07, 6.45) is 4.49. The lowest BCUT2D eigenvalue weighted by atomic mass is 10.1. The smallest absolute Gasteiger partial charge is 0.135 e. The van der Waals surface area contributed by atoms with Gasteiger partial charge in [0.25, 0.3) is 0 Å². The van der Waals surface area contributed by atoms with Gasteiger partial charge in [-0.25, -0.2) is 0 Å². The molecule has 2 aromatic rings. The highest BCUT2D eigenvalue weighted by atomic mass is 16.5. The molecule has 3 nitrogen and oxygen atoms in total. The van der Waals surface area contributed by atoms with E-state index in [1.165, 1.54) is 24.0 Å². The van der Waals surface area contributed by atoms with Gasteiger partial charge in [-0.2, -0.15) is 0 Å². The molecule has 0 spiro atoms. The van der Waals surface area contributed by atoms with E-state index in [1.54, 1.807) is 0 Å². The standard InChI is InChI=1S/C18H22N2O/c1-12-4-7-17(8-13(12)2)21-18-9-14(3)19-10-15(18)11-20-16-5-6-16/h4,7-10,16,20H,5-6,11H2,1-3H3. The van der Waals surface area contributed by atoms with Crippen molar-refractivity contribution in [3.8, 4) is 11.5 Å². The van der Waals surface area contributed by atoms with Crippen molar-refractivity contribution in [3.05, 3.63) is 52.8 Å². The van der Waals surface area contributed by atoms with Gasteiger partial charge < -0.3 is 10.1 Å². The van der Waals surface area contributed by atoms with Gasteiger partial charge in [0.05, 0.1) is 0 Å². The second-order valence-corrected chi connectivity index (χ2v) is 5.94. The molecule has 1 aliphatic rings. The average Bonchev–Trinajstić information content (AvgIpc) is 3.26. The molecule has 110 valence electrons. The van der Waals surface area contributed by atoms with Crippen LogP contribution in [0.15, 0.2) is 30.5 Å². The highest BCUT2D eigenvalue weighted by Gasteiger charge is 2.20. The van der Waals surface area contributed by atoms with Crippen LogP contribution in [-0.2, 0) is 6.54 Å². The minimum Gasteiger partial charge on any atom is -0.457 e. The Hall–Kier alpha value is -1.87. The monoisotopic (exact) mass is 282 g/mol. The van der Waals surface area contributed by atoms with Crippen LogP contribution in [0.4, 0.5) is 0 Å². The van der Waals surface area contributed by atoms with Gasteiger partial charge in [0.15, 0.2) is 0 Å². The number of benzene rings is 1. The first-order chi connectivity index (χ1) is 10.1. The Morgan fingerprint density at radius 1 is 1.14 bits per heavy atom. The van der Waals surface area contributed by atoms with E-state index in [0.717, 1.165) is 29.3 Å². The van der Waals surface area contributed by atoms with Crippen LogP contribution >= 0.6 is 0 Å². The third-order valence-corrected chi connectivity index (χ3v) is 3.95. The van der Waals surface area contributed by atoms with E-state index in [2.05, 4.69) is 36.3 Å². The lowest BCUT2D eigenvalue weighted by Gasteiger charge is -2.13. The molecule has 1 heterocycles. The zero-order valence-corrected chi connectivity index (χ0v) is 12.9. The van der Waals surface area contributed by atoms with Gasteiger partial charge in [-0.05, 0) is 56.9 Å². The zero-order chi connectivity index (χ0) is 14.8. The minimum atomic E-state index is 0.681. The second-order valence-electron chi connectivity index (χ2n) is 5.94. The highest BCUT2D eigenvalue weighted by molar-refractivity contribution is 5.40. The number of nitrogens with one attached hydrogen (secondary N) is 1. The fourth-order valence-corrected chi connectivity index (χ4v) is 2.24. The van der Waals surface area contributed by atoms with E-state index in [-0.39, 0.29) is 0 Å². The van der Waals surface area contributed by atoms with Crippen LogP contribution in [0.3, 0.4) is 0 Å². The Balaban J connectivity index is 1.81. The molecule has 0 saturated heterocycles. The lowest BCUT2D eigenvalue weighted by Crippen LogP contribution is -2.16. The van der Waals surface area contributed by atoms with E-state index in [1.807, 2.05) is 25.3 Å². The van der Waals surface area contributed by atoms with E-state index in [4.69, 9.17) is 4.74 Å². The molecule has 0 bridgehead atoms. The topological polar surface area (TPSA) is 34.1 Å². The quantitative estimate of drug-likeness (QED) is 0.898. The Labute approximate surface area is 126 Å². The SMILES string of the molecule is Cc1cc(Oc2ccc(C)c(C)c2)c(CNC2CC2)cn1. The van der Waals surface area contributed by atoms with Crippen LogP contribution in [0.5, 0.6) is 11.5 Å². The number of pyridine rings is 1. The Morgan fingerprint density at radius 2 is 1.95 bits per heavy atom. The molecule has 3 rings (SSSR count). The van der Waals surface area contributed by atoms with E-state index >= 15 is 0 Å². The third-order valence-electron chi connectivity index (χ3n) is 3.95. The first-order valence-corrected chi connectivity index (χ1v) is 7.56. The van der Waals surface area contributed by atoms with Crippen molar-refractivity contribution in [3.63, 3.8) is 0 Å². The van der Waals surface area contributed by atoms with E-state index in [9.17, 15) is 0 Å². The number of hydrogen-bond acceptors (Lipinski definition) is 3. The van der Waals surface area contributed by atoms with Gasteiger partial charge in [-0.1, -0.05) is 6.07 Å². The lowest BCUT2D eigenvalue weighted by molar-refractivity contribution is 0.470. The number of ether oxygens (including phenoxy) is 1. The van der Waals surface area contributed by atoms with Crippen molar-refractivity contribution in [2.45, 2.75) is 46.2 Å². The molecular weight excluding hydrogens is 260 g/mol. The molecule has 0 radical (unpaired) electrons. The summed E-state index contributed by atoms with van der Waals surface area (Å²) >= 11 is 0. The van der Waals surface area contributed by atoms with Crippen LogP contribution in [0.1, 0.15) is 35.2 Å². The third kappa shape index (κ3) is 3.61. The Bertz CT molecular complexity index is 648. The summed E-state index contributed by atoms with van der Waals surface area (Å²) in [6.45, 7) is 7.03. The van der Waals surface area contributed by atoms with Crippen LogP contribution in [0.25, 0.3) is 0 Å². The number of rotatable bonds is 5. The number of aryl methyl sites for hydroxylation is 3. The molecule has 0 atom stereocenters. The van der Waals surface area contributed by atoms with Crippen molar-refractivity contribution < 1.29 is 4.74 Å². The van der Waals surface area contributed by atoms with Gasteiger partial charge in [0.2, 0.25) is 0 Å². The van der Waals surface area contributed by atoms with Gasteiger partial charge in [-0.15, -0.1) is 0 Å². The van der Waals surface area contributed by atoms with E-state index < -0.39 is 0 Å². The molecule has 3 heteroatoms.